The Morgan fingerprint density at radius 1 is 1.62 bits per heavy atom. The molecule has 0 aliphatic carbocycles. The minimum atomic E-state index is -3.61. The lowest BCUT2D eigenvalue weighted by molar-refractivity contribution is 0.581. The maximum atomic E-state index is 11.6. The molecule has 0 amide bonds. The van der Waals surface area contributed by atoms with Gasteiger partial charge in [0.1, 0.15) is 10.7 Å². The van der Waals surface area contributed by atoms with Crippen molar-refractivity contribution in [2.75, 3.05) is 24.3 Å². The molecule has 1 aromatic heterocycles. The minimum absolute atomic E-state index is 0.00608. The molecule has 7 nitrogen and oxygen atoms in total. The van der Waals surface area contributed by atoms with Gasteiger partial charge in [0.25, 0.3) is 0 Å². The third-order valence-corrected chi connectivity index (χ3v) is 4.17. The minimum Gasteiger partial charge on any atom is -0.383 e. The molecule has 0 fully saturated rings. The predicted octanol–water partition coefficient (Wildman–Crippen LogP) is -0.961. The van der Waals surface area contributed by atoms with Crippen molar-refractivity contribution in [3.05, 3.63) is 6.20 Å². The Kier molecular flexibility index (Phi) is 4.44. The first-order valence-corrected chi connectivity index (χ1v) is 7.73. The van der Waals surface area contributed by atoms with E-state index in [1.807, 2.05) is 0 Å². The molecule has 4 N–H and O–H groups in total. The van der Waals surface area contributed by atoms with Crippen molar-refractivity contribution in [2.45, 2.75) is 11.3 Å². The molecule has 1 aromatic rings. The van der Waals surface area contributed by atoms with Crippen molar-refractivity contribution in [3.63, 3.8) is 0 Å². The van der Waals surface area contributed by atoms with E-state index >= 15 is 0 Å². The van der Waals surface area contributed by atoms with Gasteiger partial charge in [0, 0.05) is 29.4 Å². The quantitative estimate of drug-likeness (QED) is 0.573. The number of aromatic nitrogens is 2. The first-order valence-electron chi connectivity index (χ1n) is 4.52. The normalized spacial score (nSPS) is 13.8. The highest BCUT2D eigenvalue weighted by Gasteiger charge is 2.18. The smallest absolute Gasteiger partial charge is 0.245 e. The molecular weight excluding hydrogens is 252 g/mol. The summed E-state index contributed by atoms with van der Waals surface area (Å²) in [6, 6.07) is 0. The molecule has 0 spiro atoms. The maximum Gasteiger partial charge on any atom is 0.245 e. The Labute approximate surface area is 96.3 Å². The van der Waals surface area contributed by atoms with E-state index in [1.54, 1.807) is 6.26 Å². The molecule has 0 aromatic carbocycles. The summed E-state index contributed by atoms with van der Waals surface area (Å²) < 4.78 is 36.4. The van der Waals surface area contributed by atoms with Crippen molar-refractivity contribution < 1.29 is 12.6 Å². The van der Waals surface area contributed by atoms with Crippen LogP contribution in [0.15, 0.2) is 11.1 Å². The molecule has 1 unspecified atom stereocenters. The number of nitrogens with one attached hydrogen (secondary N) is 2. The lowest BCUT2D eigenvalue weighted by atomic mass is 10.5. The molecule has 0 bridgehead atoms. The zero-order valence-electron chi connectivity index (χ0n) is 8.76. The summed E-state index contributed by atoms with van der Waals surface area (Å²) in [5.41, 5.74) is 5.39. The van der Waals surface area contributed by atoms with Gasteiger partial charge in [-0.05, 0) is 6.42 Å². The average Bonchev–Trinajstić information content (AvgIpc) is 2.59. The van der Waals surface area contributed by atoms with Gasteiger partial charge in [-0.3, -0.25) is 9.31 Å². The van der Waals surface area contributed by atoms with Crippen LogP contribution in [0.3, 0.4) is 0 Å². The highest BCUT2D eigenvalue weighted by atomic mass is 32.2. The number of anilines is 1. The predicted molar refractivity (Wildman–Crippen MR) is 61.7 cm³/mol. The second-order valence-corrected chi connectivity index (χ2v) is 6.47. The van der Waals surface area contributed by atoms with Crippen LogP contribution in [-0.2, 0) is 20.8 Å². The summed E-state index contributed by atoms with van der Waals surface area (Å²) in [5, 5.41) is 5.87. The van der Waals surface area contributed by atoms with Crippen molar-refractivity contribution in [3.8, 4) is 0 Å². The largest absolute Gasteiger partial charge is 0.383 e. The number of nitrogens with two attached hydrogens (primary N) is 1. The van der Waals surface area contributed by atoms with E-state index in [1.165, 1.54) is 0 Å². The molecule has 0 saturated carbocycles. The molecule has 1 atom stereocenters. The monoisotopic (exact) mass is 266 g/mol. The standard InChI is InChI=1S/C7H14N4O3S2/c1-15(12)4-2-3-10-16(13,14)6-5-9-11-7(6)8/h5,10H,2-4H2,1H3,(H3,8,9,11). The molecule has 0 saturated heterocycles. The summed E-state index contributed by atoms with van der Waals surface area (Å²) in [6.45, 7) is 0.229. The summed E-state index contributed by atoms with van der Waals surface area (Å²) in [7, 11) is -4.53. The van der Waals surface area contributed by atoms with Crippen molar-refractivity contribution in [1.82, 2.24) is 14.9 Å². The molecule has 16 heavy (non-hydrogen) atoms. The van der Waals surface area contributed by atoms with Crippen molar-refractivity contribution in [2.24, 2.45) is 0 Å². The van der Waals surface area contributed by atoms with E-state index < -0.39 is 20.8 Å². The lowest BCUT2D eigenvalue weighted by Gasteiger charge is -2.04. The number of nitrogens with zero attached hydrogens (tertiary/aromatic N) is 1. The fourth-order valence-electron chi connectivity index (χ4n) is 1.06. The lowest BCUT2D eigenvalue weighted by Crippen LogP contribution is -2.26. The van der Waals surface area contributed by atoms with Gasteiger partial charge in [-0.1, -0.05) is 0 Å². The van der Waals surface area contributed by atoms with E-state index in [0.717, 1.165) is 6.20 Å². The van der Waals surface area contributed by atoms with Gasteiger partial charge < -0.3 is 5.73 Å². The Morgan fingerprint density at radius 2 is 2.31 bits per heavy atom. The van der Waals surface area contributed by atoms with E-state index in [2.05, 4.69) is 14.9 Å². The molecular formula is C7H14N4O3S2. The van der Waals surface area contributed by atoms with Gasteiger partial charge in [0.05, 0.1) is 6.20 Å². The highest BCUT2D eigenvalue weighted by molar-refractivity contribution is 7.89. The van der Waals surface area contributed by atoms with Crippen molar-refractivity contribution >= 4 is 26.6 Å². The summed E-state index contributed by atoms with van der Waals surface area (Å²) in [6.07, 6.45) is 3.23. The van der Waals surface area contributed by atoms with Crippen LogP contribution in [0.25, 0.3) is 0 Å². The van der Waals surface area contributed by atoms with Gasteiger partial charge in [-0.2, -0.15) is 5.10 Å². The number of sulfonamides is 1. The second kappa shape index (κ2) is 5.41. The Morgan fingerprint density at radius 3 is 2.81 bits per heavy atom. The van der Waals surface area contributed by atoms with Crippen LogP contribution in [-0.4, -0.2) is 41.4 Å². The fraction of sp³-hybridized carbons (Fsp3) is 0.571. The molecule has 0 radical (unpaired) electrons. The van der Waals surface area contributed by atoms with Gasteiger partial charge in [-0.15, -0.1) is 0 Å². The van der Waals surface area contributed by atoms with Crippen molar-refractivity contribution in [1.29, 1.82) is 0 Å². The number of hydrogen-bond donors (Lipinski definition) is 3. The van der Waals surface area contributed by atoms with Crippen LogP contribution in [0, 0.1) is 0 Å². The molecule has 0 aliphatic heterocycles. The number of rotatable bonds is 6. The van der Waals surface area contributed by atoms with Gasteiger partial charge >= 0.3 is 0 Å². The Hall–Kier alpha value is -0.930. The summed E-state index contributed by atoms with van der Waals surface area (Å²) in [5.74, 6) is 0.468. The number of H-pyrrole nitrogens is 1. The van der Waals surface area contributed by atoms with E-state index in [4.69, 9.17) is 5.73 Å². The van der Waals surface area contributed by atoms with Crippen LogP contribution in [0.1, 0.15) is 6.42 Å². The number of hydrogen-bond acceptors (Lipinski definition) is 5. The third kappa shape index (κ3) is 3.58. The first-order chi connectivity index (χ1) is 7.43. The van der Waals surface area contributed by atoms with Crippen LogP contribution in [0.5, 0.6) is 0 Å². The van der Waals surface area contributed by atoms with E-state index in [-0.39, 0.29) is 17.3 Å². The van der Waals surface area contributed by atoms with Crippen LogP contribution < -0.4 is 10.5 Å². The molecule has 9 heteroatoms. The third-order valence-electron chi connectivity index (χ3n) is 1.82. The zero-order valence-corrected chi connectivity index (χ0v) is 10.4. The highest BCUT2D eigenvalue weighted by Crippen LogP contribution is 2.13. The topological polar surface area (TPSA) is 118 Å². The molecule has 1 rings (SSSR count). The summed E-state index contributed by atoms with van der Waals surface area (Å²) in [4.78, 5) is -0.0647. The zero-order chi connectivity index (χ0) is 12.2. The molecule has 1 heterocycles. The van der Waals surface area contributed by atoms with Crippen LogP contribution >= 0.6 is 0 Å². The number of aromatic amines is 1. The summed E-state index contributed by atoms with van der Waals surface area (Å²) >= 11 is 0. The van der Waals surface area contributed by atoms with E-state index in [9.17, 15) is 12.6 Å². The van der Waals surface area contributed by atoms with Gasteiger partial charge in [-0.25, -0.2) is 13.1 Å². The average molecular weight is 266 g/mol. The SMILES string of the molecule is CS(=O)CCCNS(=O)(=O)c1cn[nH]c1N. The van der Waals surface area contributed by atoms with Crippen LogP contribution in [0.4, 0.5) is 5.82 Å². The Balaban J connectivity index is 2.54. The maximum absolute atomic E-state index is 11.6. The number of nitrogen functional groups attached to an aromatic ring is 1. The Bertz CT molecular complexity index is 468. The second-order valence-electron chi connectivity index (χ2n) is 3.18. The van der Waals surface area contributed by atoms with Gasteiger partial charge in [0.15, 0.2) is 0 Å². The van der Waals surface area contributed by atoms with Gasteiger partial charge in [0.2, 0.25) is 10.0 Å². The molecule has 92 valence electrons. The fourth-order valence-corrected chi connectivity index (χ4v) is 2.71. The molecule has 0 aliphatic rings. The van der Waals surface area contributed by atoms with Crippen LogP contribution in [0.2, 0.25) is 0 Å². The first kappa shape index (κ1) is 13.1. The van der Waals surface area contributed by atoms with E-state index in [0.29, 0.717) is 12.2 Å².